The number of benzene rings is 1. The first-order chi connectivity index (χ1) is 9.11. The van der Waals surface area contributed by atoms with Crippen molar-refractivity contribution in [1.82, 2.24) is 9.88 Å². The van der Waals surface area contributed by atoms with Crippen LogP contribution in [-0.4, -0.2) is 16.9 Å². The monoisotopic (exact) mass is 314 g/mol. The zero-order valence-electron chi connectivity index (χ0n) is 10.9. The molecule has 1 aromatic carbocycles. The Labute approximate surface area is 128 Å². The van der Waals surface area contributed by atoms with Crippen LogP contribution in [0.2, 0.25) is 5.02 Å². The molecule has 5 heteroatoms. The van der Waals surface area contributed by atoms with Crippen LogP contribution in [0.25, 0.3) is 0 Å². The van der Waals surface area contributed by atoms with Gasteiger partial charge in [-0.15, -0.1) is 22.9 Å². The number of rotatable bonds is 5. The third kappa shape index (κ3) is 3.69. The van der Waals surface area contributed by atoms with Gasteiger partial charge in [0.1, 0.15) is 5.01 Å². The topological polar surface area (TPSA) is 16.1 Å². The summed E-state index contributed by atoms with van der Waals surface area (Å²) in [4.78, 5) is 6.71. The highest BCUT2D eigenvalue weighted by Crippen LogP contribution is 2.27. The van der Waals surface area contributed by atoms with Gasteiger partial charge >= 0.3 is 0 Å². The van der Waals surface area contributed by atoms with Crippen molar-refractivity contribution in [2.75, 3.05) is 7.05 Å². The lowest BCUT2D eigenvalue weighted by Gasteiger charge is -2.24. The molecule has 19 heavy (non-hydrogen) atoms. The smallest absolute Gasteiger partial charge is 0.107 e. The molecule has 0 saturated carbocycles. The molecular weight excluding hydrogens is 299 g/mol. The van der Waals surface area contributed by atoms with Crippen molar-refractivity contribution in [2.45, 2.75) is 25.4 Å². The molecule has 0 spiro atoms. The Bertz CT molecular complexity index is 542. The lowest BCUT2D eigenvalue weighted by Crippen LogP contribution is -2.22. The van der Waals surface area contributed by atoms with Crippen molar-refractivity contribution in [2.24, 2.45) is 0 Å². The van der Waals surface area contributed by atoms with Crippen molar-refractivity contribution in [3.63, 3.8) is 0 Å². The Balaban J connectivity index is 2.07. The number of nitrogens with zero attached hydrogens (tertiary/aromatic N) is 2. The van der Waals surface area contributed by atoms with Crippen LogP contribution in [0.1, 0.15) is 29.2 Å². The quantitative estimate of drug-likeness (QED) is 0.742. The molecule has 1 unspecified atom stereocenters. The van der Waals surface area contributed by atoms with E-state index in [0.717, 1.165) is 27.8 Å². The maximum Gasteiger partial charge on any atom is 0.107 e. The van der Waals surface area contributed by atoms with Crippen LogP contribution < -0.4 is 0 Å². The Morgan fingerprint density at radius 2 is 2.11 bits per heavy atom. The molecule has 0 N–H and O–H groups in total. The number of hydrogen-bond donors (Lipinski definition) is 0. The summed E-state index contributed by atoms with van der Waals surface area (Å²) in [5, 5.41) is 3.90. The van der Waals surface area contributed by atoms with E-state index in [2.05, 4.69) is 29.9 Å². The average Bonchev–Trinajstić information content (AvgIpc) is 2.86. The lowest BCUT2D eigenvalue weighted by molar-refractivity contribution is 0.253. The molecule has 1 atom stereocenters. The first-order valence-corrected chi connectivity index (χ1v) is 7.85. The van der Waals surface area contributed by atoms with Gasteiger partial charge in [-0.25, -0.2) is 4.98 Å². The van der Waals surface area contributed by atoms with Crippen molar-refractivity contribution >= 4 is 34.5 Å². The Morgan fingerprint density at radius 3 is 2.74 bits per heavy atom. The van der Waals surface area contributed by atoms with Crippen molar-refractivity contribution in [1.29, 1.82) is 0 Å². The predicted octanol–water partition coefficient (Wildman–Crippen LogP) is 4.73. The Kier molecular flexibility index (Phi) is 5.22. The van der Waals surface area contributed by atoms with Gasteiger partial charge in [0.25, 0.3) is 0 Å². The summed E-state index contributed by atoms with van der Waals surface area (Å²) in [5.74, 6) is 0.473. The van der Waals surface area contributed by atoms with E-state index < -0.39 is 0 Å². The van der Waals surface area contributed by atoms with Crippen LogP contribution in [0, 0.1) is 0 Å². The van der Waals surface area contributed by atoms with Crippen LogP contribution in [0.15, 0.2) is 29.6 Å². The average molecular weight is 315 g/mol. The first-order valence-electron chi connectivity index (χ1n) is 6.05. The summed E-state index contributed by atoms with van der Waals surface area (Å²) in [6, 6.07) is 8.20. The standard InChI is InChI=1S/C14H16Cl2N2S/c1-10(12-5-3-4-6-13(12)16)18(2)8-14-17-11(7-15)9-19-14/h3-6,9-10H,7-8H2,1-2H3. The van der Waals surface area contributed by atoms with Crippen LogP contribution in [0.3, 0.4) is 0 Å². The second-order valence-electron chi connectivity index (χ2n) is 4.48. The van der Waals surface area contributed by atoms with Crippen LogP contribution in [-0.2, 0) is 12.4 Å². The summed E-state index contributed by atoms with van der Waals surface area (Å²) in [7, 11) is 2.08. The summed E-state index contributed by atoms with van der Waals surface area (Å²) in [6.45, 7) is 2.95. The van der Waals surface area contributed by atoms with E-state index in [4.69, 9.17) is 23.2 Å². The van der Waals surface area contributed by atoms with Gasteiger partial charge in [0.15, 0.2) is 0 Å². The number of halogens is 2. The Morgan fingerprint density at radius 1 is 1.37 bits per heavy atom. The van der Waals surface area contributed by atoms with E-state index >= 15 is 0 Å². The minimum absolute atomic E-state index is 0.247. The maximum atomic E-state index is 6.24. The summed E-state index contributed by atoms with van der Waals surface area (Å²) >= 11 is 13.7. The van der Waals surface area contributed by atoms with Gasteiger partial charge in [-0.3, -0.25) is 4.90 Å². The van der Waals surface area contributed by atoms with Crippen molar-refractivity contribution in [3.05, 3.63) is 50.9 Å². The van der Waals surface area contributed by atoms with E-state index in [-0.39, 0.29) is 6.04 Å². The van der Waals surface area contributed by atoms with Crippen LogP contribution >= 0.6 is 34.5 Å². The van der Waals surface area contributed by atoms with Gasteiger partial charge in [-0.05, 0) is 25.6 Å². The number of alkyl halides is 1. The molecule has 2 aromatic rings. The van der Waals surface area contributed by atoms with E-state index in [0.29, 0.717) is 5.88 Å². The molecule has 2 rings (SSSR count). The van der Waals surface area contributed by atoms with Gasteiger partial charge in [0.05, 0.1) is 18.1 Å². The molecule has 0 fully saturated rings. The fourth-order valence-corrected chi connectivity index (χ4v) is 3.26. The molecule has 1 aromatic heterocycles. The SMILES string of the molecule is CC(c1ccccc1Cl)N(C)Cc1nc(CCl)cs1. The van der Waals surface area contributed by atoms with Gasteiger partial charge < -0.3 is 0 Å². The molecule has 0 aliphatic heterocycles. The predicted molar refractivity (Wildman–Crippen MR) is 83.0 cm³/mol. The third-order valence-electron chi connectivity index (χ3n) is 3.14. The van der Waals surface area contributed by atoms with Gasteiger partial charge in [-0.2, -0.15) is 0 Å². The fraction of sp³-hybridized carbons (Fsp3) is 0.357. The minimum Gasteiger partial charge on any atom is -0.293 e. The highest BCUT2D eigenvalue weighted by atomic mass is 35.5. The van der Waals surface area contributed by atoms with Crippen molar-refractivity contribution in [3.8, 4) is 0 Å². The summed E-state index contributed by atoms with van der Waals surface area (Å²) < 4.78 is 0. The van der Waals surface area contributed by atoms with Crippen molar-refractivity contribution < 1.29 is 0 Å². The zero-order chi connectivity index (χ0) is 13.8. The number of hydrogen-bond acceptors (Lipinski definition) is 3. The highest BCUT2D eigenvalue weighted by Gasteiger charge is 2.15. The molecule has 0 saturated heterocycles. The van der Waals surface area contributed by atoms with Gasteiger partial charge in [0.2, 0.25) is 0 Å². The molecule has 0 aliphatic rings. The van der Waals surface area contributed by atoms with Crippen LogP contribution in [0.5, 0.6) is 0 Å². The largest absolute Gasteiger partial charge is 0.293 e. The Hall–Kier alpha value is -0.610. The molecule has 102 valence electrons. The fourth-order valence-electron chi connectivity index (χ4n) is 1.88. The molecule has 1 heterocycles. The van der Waals surface area contributed by atoms with E-state index in [1.165, 1.54) is 0 Å². The second-order valence-corrected chi connectivity index (χ2v) is 6.10. The van der Waals surface area contributed by atoms with E-state index in [1.54, 1.807) is 11.3 Å². The van der Waals surface area contributed by atoms with E-state index in [9.17, 15) is 0 Å². The molecule has 0 aliphatic carbocycles. The number of aromatic nitrogens is 1. The molecular formula is C14H16Cl2N2S. The maximum absolute atomic E-state index is 6.24. The van der Waals surface area contributed by atoms with Gasteiger partial charge in [-0.1, -0.05) is 29.8 Å². The van der Waals surface area contributed by atoms with Gasteiger partial charge in [0, 0.05) is 16.4 Å². The first kappa shape index (κ1) is 14.8. The summed E-state index contributed by atoms with van der Waals surface area (Å²) in [6.07, 6.45) is 0. The molecule has 2 nitrogen and oxygen atoms in total. The molecule has 0 radical (unpaired) electrons. The normalized spacial score (nSPS) is 12.9. The lowest BCUT2D eigenvalue weighted by atomic mass is 10.1. The zero-order valence-corrected chi connectivity index (χ0v) is 13.3. The number of thiazole rings is 1. The highest BCUT2D eigenvalue weighted by molar-refractivity contribution is 7.09. The van der Waals surface area contributed by atoms with Crippen LogP contribution in [0.4, 0.5) is 0 Å². The minimum atomic E-state index is 0.247. The van der Waals surface area contributed by atoms with E-state index in [1.807, 2.05) is 23.6 Å². The second kappa shape index (κ2) is 6.71. The molecule has 0 bridgehead atoms. The third-order valence-corrected chi connectivity index (χ3v) is 4.64. The summed E-state index contributed by atoms with van der Waals surface area (Å²) in [5.41, 5.74) is 2.08. The molecule has 0 amide bonds.